The summed E-state index contributed by atoms with van der Waals surface area (Å²) < 4.78 is 0. The molecule has 1 unspecified atom stereocenters. The van der Waals surface area contributed by atoms with Crippen LogP contribution in [-0.4, -0.2) is 35.3 Å². The highest BCUT2D eigenvalue weighted by Gasteiger charge is 2.54. The number of rotatable bonds is 3. The Morgan fingerprint density at radius 1 is 1.60 bits per heavy atom. The summed E-state index contributed by atoms with van der Waals surface area (Å²) in [6.45, 7) is 6.07. The third-order valence-corrected chi connectivity index (χ3v) is 3.41. The van der Waals surface area contributed by atoms with Crippen molar-refractivity contribution in [2.45, 2.75) is 25.3 Å². The Labute approximate surface area is 89.3 Å². The second kappa shape index (κ2) is 3.36. The van der Waals surface area contributed by atoms with E-state index in [9.17, 15) is 9.59 Å². The summed E-state index contributed by atoms with van der Waals surface area (Å²) in [5, 5.41) is 2.67. The van der Waals surface area contributed by atoms with Crippen LogP contribution in [0.5, 0.6) is 0 Å². The molecule has 0 aromatic heterocycles. The van der Waals surface area contributed by atoms with Crippen molar-refractivity contribution in [1.29, 1.82) is 0 Å². The number of nitrogens with one attached hydrogen (secondary N) is 1. The van der Waals surface area contributed by atoms with Gasteiger partial charge in [0.05, 0.1) is 6.54 Å². The Balaban J connectivity index is 2.30. The number of carbonyl (C=O) groups excluding carboxylic acids is 2. The first kappa shape index (κ1) is 10.2. The SMILES string of the molecule is C=CCN1C(=O)CNC(=O)C1(C)C1CC1. The van der Waals surface area contributed by atoms with Gasteiger partial charge >= 0.3 is 0 Å². The van der Waals surface area contributed by atoms with E-state index < -0.39 is 5.54 Å². The fourth-order valence-corrected chi connectivity index (χ4v) is 2.28. The first-order valence-electron chi connectivity index (χ1n) is 5.30. The molecule has 0 bridgehead atoms. The lowest BCUT2D eigenvalue weighted by atomic mass is 9.90. The summed E-state index contributed by atoms with van der Waals surface area (Å²) in [5.74, 6) is 0.289. The zero-order chi connectivity index (χ0) is 11.1. The average molecular weight is 208 g/mol. The minimum Gasteiger partial charge on any atom is -0.345 e. The topological polar surface area (TPSA) is 49.4 Å². The third kappa shape index (κ3) is 1.44. The molecule has 2 amide bonds. The van der Waals surface area contributed by atoms with E-state index in [1.807, 2.05) is 6.92 Å². The van der Waals surface area contributed by atoms with E-state index in [1.54, 1.807) is 11.0 Å². The molecule has 0 aromatic carbocycles. The van der Waals surface area contributed by atoms with Gasteiger partial charge in [0.25, 0.3) is 0 Å². The van der Waals surface area contributed by atoms with Gasteiger partial charge in [-0.25, -0.2) is 0 Å². The van der Waals surface area contributed by atoms with Crippen molar-refractivity contribution < 1.29 is 9.59 Å². The standard InChI is InChI=1S/C11H16N2O2/c1-3-6-13-9(14)7-12-10(15)11(13,2)8-4-5-8/h3,8H,1,4-7H2,2H3,(H,12,15). The molecule has 1 aliphatic carbocycles. The summed E-state index contributed by atoms with van der Waals surface area (Å²) in [7, 11) is 0. The molecule has 1 saturated heterocycles. The van der Waals surface area contributed by atoms with Crippen molar-refractivity contribution in [2.75, 3.05) is 13.1 Å². The maximum Gasteiger partial charge on any atom is 0.246 e. The van der Waals surface area contributed by atoms with Crippen LogP contribution in [0.4, 0.5) is 0 Å². The van der Waals surface area contributed by atoms with Gasteiger partial charge in [0, 0.05) is 6.54 Å². The maximum absolute atomic E-state index is 11.9. The van der Waals surface area contributed by atoms with Gasteiger partial charge in [-0.1, -0.05) is 6.08 Å². The first-order chi connectivity index (χ1) is 7.10. The van der Waals surface area contributed by atoms with Gasteiger partial charge in [0.15, 0.2) is 0 Å². The summed E-state index contributed by atoms with van der Waals surface area (Å²) in [6.07, 6.45) is 3.74. The van der Waals surface area contributed by atoms with E-state index in [0.717, 1.165) is 12.8 Å². The first-order valence-corrected chi connectivity index (χ1v) is 5.30. The van der Waals surface area contributed by atoms with Gasteiger partial charge in [-0.15, -0.1) is 6.58 Å². The van der Waals surface area contributed by atoms with Crippen LogP contribution < -0.4 is 5.32 Å². The molecule has 0 aromatic rings. The Kier molecular flexibility index (Phi) is 2.29. The van der Waals surface area contributed by atoms with Crippen LogP contribution in [0, 0.1) is 5.92 Å². The van der Waals surface area contributed by atoms with Crippen molar-refractivity contribution in [2.24, 2.45) is 5.92 Å². The van der Waals surface area contributed by atoms with Gasteiger partial charge in [-0.2, -0.15) is 0 Å². The van der Waals surface area contributed by atoms with Crippen LogP contribution in [-0.2, 0) is 9.59 Å². The Bertz CT molecular complexity index is 323. The zero-order valence-corrected chi connectivity index (χ0v) is 8.95. The van der Waals surface area contributed by atoms with E-state index in [4.69, 9.17) is 0 Å². The van der Waals surface area contributed by atoms with Crippen LogP contribution in [0.15, 0.2) is 12.7 Å². The molecule has 15 heavy (non-hydrogen) atoms. The van der Waals surface area contributed by atoms with E-state index in [1.165, 1.54) is 0 Å². The van der Waals surface area contributed by atoms with Crippen molar-refractivity contribution in [3.63, 3.8) is 0 Å². The molecule has 82 valence electrons. The van der Waals surface area contributed by atoms with Crippen LogP contribution >= 0.6 is 0 Å². The van der Waals surface area contributed by atoms with Crippen LogP contribution in [0.1, 0.15) is 19.8 Å². The molecule has 1 N–H and O–H groups in total. The van der Waals surface area contributed by atoms with Gasteiger partial charge in [0.2, 0.25) is 11.8 Å². The molecule has 4 nitrogen and oxygen atoms in total. The van der Waals surface area contributed by atoms with E-state index in [-0.39, 0.29) is 18.4 Å². The molecule has 0 radical (unpaired) electrons. The van der Waals surface area contributed by atoms with Crippen molar-refractivity contribution in [1.82, 2.24) is 10.2 Å². The fourth-order valence-electron chi connectivity index (χ4n) is 2.28. The lowest BCUT2D eigenvalue weighted by Crippen LogP contribution is -2.66. The molecule has 2 rings (SSSR count). The molecule has 2 aliphatic rings. The number of piperazine rings is 1. The third-order valence-electron chi connectivity index (χ3n) is 3.41. The zero-order valence-electron chi connectivity index (χ0n) is 8.95. The second-order valence-electron chi connectivity index (χ2n) is 4.40. The van der Waals surface area contributed by atoms with Crippen molar-refractivity contribution in [3.8, 4) is 0 Å². The molecule has 4 heteroatoms. The largest absolute Gasteiger partial charge is 0.345 e. The summed E-state index contributed by atoms with van der Waals surface area (Å²) in [5.41, 5.74) is -0.649. The number of hydrogen-bond donors (Lipinski definition) is 1. The lowest BCUT2D eigenvalue weighted by Gasteiger charge is -2.43. The van der Waals surface area contributed by atoms with Crippen LogP contribution in [0.2, 0.25) is 0 Å². The monoisotopic (exact) mass is 208 g/mol. The fraction of sp³-hybridized carbons (Fsp3) is 0.636. The quantitative estimate of drug-likeness (QED) is 0.678. The number of hydrogen-bond acceptors (Lipinski definition) is 2. The van der Waals surface area contributed by atoms with E-state index in [2.05, 4.69) is 11.9 Å². The normalized spacial score (nSPS) is 31.4. The molecule has 2 fully saturated rings. The highest BCUT2D eigenvalue weighted by Crippen LogP contribution is 2.44. The highest BCUT2D eigenvalue weighted by atomic mass is 16.2. The number of nitrogens with zero attached hydrogens (tertiary/aromatic N) is 1. The molecule has 1 heterocycles. The predicted octanol–water partition coefficient (Wildman–Crippen LogP) is 0.299. The maximum atomic E-state index is 11.9. The lowest BCUT2D eigenvalue weighted by molar-refractivity contribution is -0.153. The molecular formula is C11H16N2O2. The van der Waals surface area contributed by atoms with Crippen LogP contribution in [0.25, 0.3) is 0 Å². The van der Waals surface area contributed by atoms with Gasteiger partial charge in [0.1, 0.15) is 5.54 Å². The van der Waals surface area contributed by atoms with Crippen molar-refractivity contribution in [3.05, 3.63) is 12.7 Å². The van der Waals surface area contributed by atoms with E-state index >= 15 is 0 Å². The van der Waals surface area contributed by atoms with Crippen molar-refractivity contribution >= 4 is 11.8 Å². The minimum atomic E-state index is -0.649. The van der Waals surface area contributed by atoms with Crippen LogP contribution in [0.3, 0.4) is 0 Å². The van der Waals surface area contributed by atoms with Gasteiger partial charge in [-0.3, -0.25) is 9.59 Å². The van der Waals surface area contributed by atoms with Gasteiger partial charge < -0.3 is 10.2 Å². The summed E-state index contributed by atoms with van der Waals surface area (Å²) >= 11 is 0. The average Bonchev–Trinajstić information content (AvgIpc) is 3.02. The Hall–Kier alpha value is -1.32. The predicted molar refractivity (Wildman–Crippen MR) is 56.0 cm³/mol. The number of carbonyl (C=O) groups is 2. The Morgan fingerprint density at radius 3 is 2.80 bits per heavy atom. The molecule has 1 saturated carbocycles. The molecular weight excluding hydrogens is 192 g/mol. The molecule has 0 spiro atoms. The smallest absolute Gasteiger partial charge is 0.246 e. The molecule has 1 aliphatic heterocycles. The summed E-state index contributed by atoms with van der Waals surface area (Å²) in [4.78, 5) is 25.3. The highest BCUT2D eigenvalue weighted by molar-refractivity contribution is 5.98. The minimum absolute atomic E-state index is 0.0103. The summed E-state index contributed by atoms with van der Waals surface area (Å²) in [6, 6.07) is 0. The van der Waals surface area contributed by atoms with Gasteiger partial charge in [-0.05, 0) is 25.7 Å². The number of amides is 2. The van der Waals surface area contributed by atoms with E-state index in [0.29, 0.717) is 12.5 Å². The Morgan fingerprint density at radius 2 is 2.27 bits per heavy atom. The second-order valence-corrected chi connectivity index (χ2v) is 4.40. The molecule has 1 atom stereocenters.